The smallest absolute Gasteiger partial charge is 0.286 e. The zero-order chi connectivity index (χ0) is 19.6. The molecule has 1 aliphatic rings. The number of furan rings is 1. The lowest BCUT2D eigenvalue weighted by Gasteiger charge is -2.21. The first-order valence-corrected chi connectivity index (χ1v) is 10.7. The van der Waals surface area contributed by atoms with Gasteiger partial charge in [-0.05, 0) is 49.1 Å². The largest absolute Gasteiger partial charge is 0.459 e. The third kappa shape index (κ3) is 6.73. The summed E-state index contributed by atoms with van der Waals surface area (Å²) in [4.78, 5) is 23.9. The van der Waals surface area contributed by atoms with Gasteiger partial charge in [-0.3, -0.25) is 9.59 Å². The predicted molar refractivity (Wildman–Crippen MR) is 110 cm³/mol. The molecule has 28 heavy (non-hydrogen) atoms. The molecule has 2 amide bonds. The minimum atomic E-state index is -0.264. The molecule has 0 radical (unpaired) electrons. The Kier molecular flexibility index (Phi) is 7.99. The van der Waals surface area contributed by atoms with Gasteiger partial charge in [0.05, 0.1) is 6.26 Å². The molecule has 1 aromatic carbocycles. The Morgan fingerprint density at radius 1 is 1.14 bits per heavy atom. The summed E-state index contributed by atoms with van der Waals surface area (Å²) in [6, 6.07) is 11.3. The molecule has 1 fully saturated rings. The number of hydrogen-bond donors (Lipinski definition) is 2. The molecule has 6 nitrogen and oxygen atoms in total. The van der Waals surface area contributed by atoms with Gasteiger partial charge in [-0.25, -0.2) is 0 Å². The van der Waals surface area contributed by atoms with Crippen LogP contribution in [-0.2, 0) is 15.3 Å². The van der Waals surface area contributed by atoms with Crippen LogP contribution in [0.1, 0.15) is 41.8 Å². The van der Waals surface area contributed by atoms with Crippen molar-refractivity contribution < 1.29 is 18.7 Å². The van der Waals surface area contributed by atoms with Crippen LogP contribution >= 0.6 is 11.8 Å². The molecule has 2 heterocycles. The number of amides is 2. The highest BCUT2D eigenvalue weighted by Crippen LogP contribution is 2.26. The van der Waals surface area contributed by atoms with E-state index in [1.54, 1.807) is 12.1 Å². The molecule has 7 heteroatoms. The van der Waals surface area contributed by atoms with Crippen LogP contribution in [0.15, 0.2) is 47.1 Å². The zero-order valence-electron chi connectivity index (χ0n) is 15.8. The molecule has 0 spiro atoms. The minimum Gasteiger partial charge on any atom is -0.459 e. The average Bonchev–Trinajstić information content (AvgIpc) is 3.26. The quantitative estimate of drug-likeness (QED) is 0.623. The number of rotatable bonds is 9. The summed E-state index contributed by atoms with van der Waals surface area (Å²) in [5.74, 6) is 0.897. The standard InChI is InChI=1S/C21H26N2O4S/c24-20(7-2-10-22-21(25)19-6-3-11-27-19)23-17-5-1-4-16(14-17)15-28-18-8-12-26-13-9-18/h1,3-6,11,14,18H,2,7-10,12-13,15H2,(H,22,25)(H,23,24). The summed E-state index contributed by atoms with van der Waals surface area (Å²) in [7, 11) is 0. The van der Waals surface area contributed by atoms with E-state index in [-0.39, 0.29) is 17.6 Å². The molecule has 0 bridgehead atoms. The minimum absolute atomic E-state index is 0.0542. The monoisotopic (exact) mass is 402 g/mol. The highest BCUT2D eigenvalue weighted by molar-refractivity contribution is 7.99. The molecule has 0 saturated carbocycles. The maximum Gasteiger partial charge on any atom is 0.286 e. The number of nitrogens with one attached hydrogen (secondary N) is 2. The topological polar surface area (TPSA) is 80.6 Å². The molecule has 1 aliphatic heterocycles. The molecular weight excluding hydrogens is 376 g/mol. The highest BCUT2D eigenvalue weighted by Gasteiger charge is 2.14. The molecule has 2 N–H and O–H groups in total. The summed E-state index contributed by atoms with van der Waals surface area (Å²) in [5, 5.41) is 6.33. The van der Waals surface area contributed by atoms with E-state index in [0.29, 0.717) is 24.6 Å². The van der Waals surface area contributed by atoms with Crippen molar-refractivity contribution >= 4 is 29.3 Å². The van der Waals surface area contributed by atoms with E-state index in [4.69, 9.17) is 9.15 Å². The molecule has 3 rings (SSSR count). The summed E-state index contributed by atoms with van der Waals surface area (Å²) in [6.07, 6.45) is 4.59. The van der Waals surface area contributed by atoms with Crippen molar-refractivity contribution in [3.8, 4) is 0 Å². The van der Waals surface area contributed by atoms with Gasteiger partial charge in [-0.1, -0.05) is 12.1 Å². The summed E-state index contributed by atoms with van der Waals surface area (Å²) < 4.78 is 10.4. The fourth-order valence-corrected chi connectivity index (χ4v) is 4.10. The third-order valence-electron chi connectivity index (χ3n) is 4.48. The first-order chi connectivity index (χ1) is 13.7. The van der Waals surface area contributed by atoms with Gasteiger partial charge in [-0.15, -0.1) is 0 Å². The molecule has 150 valence electrons. The molecule has 1 aromatic heterocycles. The number of carbonyl (C=O) groups excluding carboxylic acids is 2. The molecule has 0 aliphatic carbocycles. The molecule has 1 saturated heterocycles. The Balaban J connectivity index is 1.35. The maximum atomic E-state index is 12.1. The second-order valence-electron chi connectivity index (χ2n) is 6.71. The van der Waals surface area contributed by atoms with E-state index in [9.17, 15) is 9.59 Å². The first kappa shape index (κ1) is 20.5. The van der Waals surface area contributed by atoms with Crippen molar-refractivity contribution in [1.82, 2.24) is 5.32 Å². The fourth-order valence-electron chi connectivity index (χ4n) is 2.96. The van der Waals surface area contributed by atoms with Crippen LogP contribution in [-0.4, -0.2) is 36.8 Å². The lowest BCUT2D eigenvalue weighted by Crippen LogP contribution is -2.25. The zero-order valence-corrected chi connectivity index (χ0v) is 16.6. The van der Waals surface area contributed by atoms with Gasteiger partial charge in [0.25, 0.3) is 5.91 Å². The second-order valence-corrected chi connectivity index (χ2v) is 8.00. The van der Waals surface area contributed by atoms with Crippen molar-refractivity contribution in [2.75, 3.05) is 25.1 Å². The van der Waals surface area contributed by atoms with Gasteiger partial charge >= 0.3 is 0 Å². The number of carbonyl (C=O) groups is 2. The summed E-state index contributed by atoms with van der Waals surface area (Å²) >= 11 is 1.96. The second kappa shape index (κ2) is 10.9. The van der Waals surface area contributed by atoms with E-state index in [1.165, 1.54) is 11.8 Å². The number of hydrogen-bond acceptors (Lipinski definition) is 5. The molecule has 0 unspecified atom stereocenters. The van der Waals surface area contributed by atoms with Gasteiger partial charge in [0.1, 0.15) is 0 Å². The van der Waals surface area contributed by atoms with E-state index in [0.717, 1.165) is 37.5 Å². The fraction of sp³-hybridized carbons (Fsp3) is 0.429. The predicted octanol–water partition coefficient (Wildman–Crippen LogP) is 3.84. The Labute approximate surface area is 169 Å². The van der Waals surface area contributed by atoms with Crippen molar-refractivity contribution in [3.63, 3.8) is 0 Å². The molecular formula is C21H26N2O4S. The van der Waals surface area contributed by atoms with Crippen molar-refractivity contribution in [2.24, 2.45) is 0 Å². The summed E-state index contributed by atoms with van der Waals surface area (Å²) in [5.41, 5.74) is 2.02. The number of ether oxygens (including phenoxy) is 1. The van der Waals surface area contributed by atoms with Gasteiger partial charge in [0.15, 0.2) is 5.76 Å². The Morgan fingerprint density at radius 2 is 2.00 bits per heavy atom. The Hall–Kier alpha value is -2.25. The third-order valence-corrected chi connectivity index (χ3v) is 5.92. The lowest BCUT2D eigenvalue weighted by molar-refractivity contribution is -0.116. The van der Waals surface area contributed by atoms with E-state index in [2.05, 4.69) is 16.7 Å². The van der Waals surface area contributed by atoms with Gasteiger partial charge < -0.3 is 19.8 Å². The van der Waals surface area contributed by atoms with Crippen LogP contribution in [0.5, 0.6) is 0 Å². The van der Waals surface area contributed by atoms with E-state index in [1.807, 2.05) is 30.0 Å². The number of anilines is 1. The average molecular weight is 403 g/mol. The normalized spacial score (nSPS) is 14.6. The van der Waals surface area contributed by atoms with Crippen LogP contribution in [0.4, 0.5) is 5.69 Å². The molecule has 0 atom stereocenters. The van der Waals surface area contributed by atoms with Crippen LogP contribution in [0.3, 0.4) is 0 Å². The van der Waals surface area contributed by atoms with Crippen LogP contribution in [0.25, 0.3) is 0 Å². The van der Waals surface area contributed by atoms with Gasteiger partial charge in [-0.2, -0.15) is 11.8 Å². The lowest BCUT2D eigenvalue weighted by atomic mass is 10.2. The number of benzene rings is 1. The highest BCUT2D eigenvalue weighted by atomic mass is 32.2. The number of thioether (sulfide) groups is 1. The van der Waals surface area contributed by atoms with Crippen LogP contribution in [0, 0.1) is 0 Å². The van der Waals surface area contributed by atoms with Crippen molar-refractivity contribution in [1.29, 1.82) is 0 Å². The van der Waals surface area contributed by atoms with Crippen molar-refractivity contribution in [2.45, 2.75) is 36.7 Å². The Morgan fingerprint density at radius 3 is 2.79 bits per heavy atom. The van der Waals surface area contributed by atoms with E-state index >= 15 is 0 Å². The van der Waals surface area contributed by atoms with Gasteiger partial charge in [0.2, 0.25) is 5.91 Å². The van der Waals surface area contributed by atoms with Crippen molar-refractivity contribution in [3.05, 3.63) is 54.0 Å². The summed E-state index contributed by atoms with van der Waals surface area (Å²) in [6.45, 7) is 2.14. The van der Waals surface area contributed by atoms with Crippen LogP contribution < -0.4 is 10.6 Å². The SMILES string of the molecule is O=C(CCCNC(=O)c1ccco1)Nc1cccc(CSC2CCOCC2)c1. The Bertz CT molecular complexity index is 758. The van der Waals surface area contributed by atoms with Gasteiger partial charge in [0, 0.05) is 42.9 Å². The molecule has 2 aromatic rings. The first-order valence-electron chi connectivity index (χ1n) is 9.60. The maximum absolute atomic E-state index is 12.1. The van der Waals surface area contributed by atoms with E-state index < -0.39 is 0 Å². The van der Waals surface area contributed by atoms with Crippen LogP contribution in [0.2, 0.25) is 0 Å².